The van der Waals surface area contributed by atoms with Gasteiger partial charge in [-0.1, -0.05) is 61.2 Å². The van der Waals surface area contributed by atoms with Gasteiger partial charge in [-0.3, -0.25) is 4.79 Å². The van der Waals surface area contributed by atoms with Crippen molar-refractivity contribution < 1.29 is 15.0 Å². The van der Waals surface area contributed by atoms with Gasteiger partial charge >= 0.3 is 0 Å². The van der Waals surface area contributed by atoms with Crippen molar-refractivity contribution >= 4 is 5.91 Å². The van der Waals surface area contributed by atoms with Gasteiger partial charge in [0.25, 0.3) is 0 Å². The number of aliphatic hydroxyl groups is 1. The molecule has 124 valence electrons. The summed E-state index contributed by atoms with van der Waals surface area (Å²) in [6.07, 6.45) is 2.78. The molecule has 0 heterocycles. The maximum absolute atomic E-state index is 10.5. The van der Waals surface area contributed by atoms with Crippen LogP contribution in [0.25, 0.3) is 0 Å². The maximum atomic E-state index is 10.5. The van der Waals surface area contributed by atoms with Crippen LogP contribution in [0.2, 0.25) is 0 Å². The number of hydrogen-bond donors (Lipinski definition) is 3. The first kappa shape index (κ1) is 20.4. The third-order valence-electron chi connectivity index (χ3n) is 2.49. The highest BCUT2D eigenvalue weighted by Gasteiger charge is 1.90. The fraction of sp³-hybridized carbons (Fsp3) is 0.211. The van der Waals surface area contributed by atoms with Gasteiger partial charge in [0.2, 0.25) is 5.91 Å². The zero-order chi connectivity index (χ0) is 17.2. The van der Waals surface area contributed by atoms with Gasteiger partial charge in [0.1, 0.15) is 5.75 Å². The number of phenols is 1. The van der Waals surface area contributed by atoms with Crippen molar-refractivity contribution in [3.63, 3.8) is 0 Å². The number of carbonyl (C=O) groups is 1. The molecule has 0 atom stereocenters. The molecular weight excluding hydrogens is 290 g/mol. The number of amides is 1. The van der Waals surface area contributed by atoms with E-state index in [1.54, 1.807) is 24.3 Å². The van der Waals surface area contributed by atoms with Gasteiger partial charge in [-0.05, 0) is 31.1 Å². The molecule has 4 heteroatoms. The topological polar surface area (TPSA) is 69.6 Å². The first-order chi connectivity index (χ1) is 11.2. The van der Waals surface area contributed by atoms with Crippen LogP contribution >= 0.6 is 0 Å². The fourth-order valence-electron chi connectivity index (χ4n) is 1.33. The highest BCUT2D eigenvalue weighted by atomic mass is 16.3. The average Bonchev–Trinajstić information content (AvgIpc) is 2.62. The van der Waals surface area contributed by atoms with Crippen LogP contribution in [-0.4, -0.2) is 29.3 Å². The minimum atomic E-state index is -0.155. The van der Waals surface area contributed by atoms with E-state index >= 15 is 0 Å². The lowest BCUT2D eigenvalue weighted by molar-refractivity contribution is -0.116. The molecule has 0 fully saturated rings. The summed E-state index contributed by atoms with van der Waals surface area (Å²) in [5, 5.41) is 19.6. The van der Waals surface area contributed by atoms with Crippen LogP contribution in [0.5, 0.6) is 5.75 Å². The van der Waals surface area contributed by atoms with Crippen molar-refractivity contribution in [3.8, 4) is 5.75 Å². The molecule has 0 aliphatic carbocycles. The number of phenolic OH excluding ortho intramolecular Hbond substituents is 1. The van der Waals surface area contributed by atoms with Crippen molar-refractivity contribution in [2.45, 2.75) is 12.8 Å². The SMILES string of the molecule is C=CC(=O)NCCCCO.Oc1ccccc1.c1ccccc1. The van der Waals surface area contributed by atoms with E-state index < -0.39 is 0 Å². The van der Waals surface area contributed by atoms with Crippen LogP contribution < -0.4 is 5.32 Å². The Balaban J connectivity index is 0.000000326. The van der Waals surface area contributed by atoms with Crippen molar-refractivity contribution in [2.75, 3.05) is 13.2 Å². The lowest BCUT2D eigenvalue weighted by Gasteiger charge is -1.98. The molecule has 0 saturated heterocycles. The van der Waals surface area contributed by atoms with E-state index in [0.717, 1.165) is 12.8 Å². The van der Waals surface area contributed by atoms with Gasteiger partial charge in [0, 0.05) is 13.2 Å². The molecule has 0 radical (unpaired) electrons. The van der Waals surface area contributed by atoms with E-state index in [1.165, 1.54) is 6.08 Å². The van der Waals surface area contributed by atoms with Crippen LogP contribution in [0.3, 0.4) is 0 Å². The molecule has 4 nitrogen and oxygen atoms in total. The third-order valence-corrected chi connectivity index (χ3v) is 2.49. The number of para-hydroxylation sites is 1. The molecule has 0 spiro atoms. The first-order valence-electron chi connectivity index (χ1n) is 7.46. The minimum absolute atomic E-state index is 0.155. The van der Waals surface area contributed by atoms with Crippen LogP contribution in [0.1, 0.15) is 12.8 Å². The van der Waals surface area contributed by atoms with Gasteiger partial charge in [-0.25, -0.2) is 0 Å². The molecule has 23 heavy (non-hydrogen) atoms. The Kier molecular flexibility index (Phi) is 14.0. The standard InChI is InChI=1S/C7H13NO2.C6H6O.C6H6/c1-2-7(10)8-5-3-4-6-9;7-6-4-2-1-3-5-6;1-2-4-6-5-3-1/h2,9H,1,3-6H2,(H,8,10);1-5,7H;1-6H. The maximum Gasteiger partial charge on any atom is 0.243 e. The molecule has 0 aliphatic heterocycles. The number of hydrogen-bond acceptors (Lipinski definition) is 3. The molecule has 0 aliphatic rings. The Bertz CT molecular complexity index is 474. The number of carbonyl (C=O) groups excluding carboxylic acids is 1. The first-order valence-corrected chi connectivity index (χ1v) is 7.46. The number of rotatable bonds is 5. The fourth-order valence-corrected chi connectivity index (χ4v) is 1.33. The summed E-state index contributed by atoms with van der Waals surface area (Å²) in [6.45, 7) is 4.10. The predicted molar refractivity (Wildman–Crippen MR) is 94.1 cm³/mol. The van der Waals surface area contributed by atoms with Gasteiger partial charge in [0.05, 0.1) is 0 Å². The summed E-state index contributed by atoms with van der Waals surface area (Å²) < 4.78 is 0. The molecule has 0 bridgehead atoms. The number of unbranched alkanes of at least 4 members (excludes halogenated alkanes) is 1. The molecule has 2 rings (SSSR count). The van der Waals surface area contributed by atoms with Crippen molar-refractivity contribution in [1.29, 1.82) is 0 Å². The number of benzene rings is 2. The molecule has 1 amide bonds. The number of aromatic hydroxyl groups is 1. The highest BCUT2D eigenvalue weighted by Crippen LogP contribution is 2.02. The second-order valence-corrected chi connectivity index (χ2v) is 4.42. The predicted octanol–water partition coefficient (Wildman–Crippen LogP) is 3.14. The molecule has 0 unspecified atom stereocenters. The van der Waals surface area contributed by atoms with Gasteiger partial charge in [-0.15, -0.1) is 0 Å². The van der Waals surface area contributed by atoms with E-state index in [9.17, 15) is 4.79 Å². The van der Waals surface area contributed by atoms with Crippen LogP contribution in [0, 0.1) is 0 Å². The second kappa shape index (κ2) is 15.8. The normalized spacial score (nSPS) is 8.57. The average molecular weight is 315 g/mol. The summed E-state index contributed by atoms with van der Waals surface area (Å²) >= 11 is 0. The van der Waals surface area contributed by atoms with E-state index in [0.29, 0.717) is 12.3 Å². The Morgan fingerprint density at radius 2 is 1.43 bits per heavy atom. The largest absolute Gasteiger partial charge is 0.508 e. The molecule has 0 aromatic heterocycles. The third kappa shape index (κ3) is 15.6. The van der Waals surface area contributed by atoms with Crippen molar-refractivity contribution in [2.24, 2.45) is 0 Å². The molecule has 2 aromatic rings. The Morgan fingerprint density at radius 1 is 0.957 bits per heavy atom. The Morgan fingerprint density at radius 3 is 1.78 bits per heavy atom. The summed E-state index contributed by atoms with van der Waals surface area (Å²) in [5.41, 5.74) is 0. The second-order valence-electron chi connectivity index (χ2n) is 4.42. The number of aliphatic hydroxyl groups excluding tert-OH is 1. The Labute approximate surface area is 138 Å². The molecular formula is C19H25NO3. The Hall–Kier alpha value is -2.59. The smallest absolute Gasteiger partial charge is 0.243 e. The number of nitrogens with one attached hydrogen (secondary N) is 1. The van der Waals surface area contributed by atoms with Gasteiger partial charge in [-0.2, -0.15) is 0 Å². The van der Waals surface area contributed by atoms with E-state index in [2.05, 4.69) is 11.9 Å². The zero-order valence-electron chi connectivity index (χ0n) is 13.3. The van der Waals surface area contributed by atoms with Crippen LogP contribution in [0.4, 0.5) is 0 Å². The van der Waals surface area contributed by atoms with Crippen molar-refractivity contribution in [1.82, 2.24) is 5.32 Å². The zero-order valence-corrected chi connectivity index (χ0v) is 13.3. The van der Waals surface area contributed by atoms with E-state index in [1.807, 2.05) is 42.5 Å². The highest BCUT2D eigenvalue weighted by molar-refractivity contribution is 5.86. The quantitative estimate of drug-likeness (QED) is 0.586. The van der Waals surface area contributed by atoms with Crippen LogP contribution in [-0.2, 0) is 4.79 Å². The summed E-state index contributed by atoms with van der Waals surface area (Å²) in [7, 11) is 0. The van der Waals surface area contributed by atoms with Gasteiger partial charge in [0.15, 0.2) is 0 Å². The summed E-state index contributed by atoms with van der Waals surface area (Å²) in [4.78, 5) is 10.5. The van der Waals surface area contributed by atoms with E-state index in [-0.39, 0.29) is 12.5 Å². The van der Waals surface area contributed by atoms with E-state index in [4.69, 9.17) is 10.2 Å². The van der Waals surface area contributed by atoms with Gasteiger partial charge < -0.3 is 15.5 Å². The molecule has 0 saturated carbocycles. The molecule has 2 aromatic carbocycles. The summed E-state index contributed by atoms with van der Waals surface area (Å²) in [5.74, 6) is 0.167. The van der Waals surface area contributed by atoms with Crippen molar-refractivity contribution in [3.05, 3.63) is 79.4 Å². The monoisotopic (exact) mass is 315 g/mol. The van der Waals surface area contributed by atoms with Crippen LogP contribution in [0.15, 0.2) is 79.4 Å². The lowest BCUT2D eigenvalue weighted by Crippen LogP contribution is -2.21. The lowest BCUT2D eigenvalue weighted by atomic mass is 10.3. The molecule has 3 N–H and O–H groups in total. The summed E-state index contributed by atoms with van der Waals surface area (Å²) in [6, 6.07) is 20.7. The minimum Gasteiger partial charge on any atom is -0.508 e.